The first-order valence-electron chi connectivity index (χ1n) is 17.1. The molecule has 0 spiro atoms. The Labute approximate surface area is 290 Å². The van der Waals surface area contributed by atoms with Crippen molar-refractivity contribution < 1.29 is 0 Å². The van der Waals surface area contributed by atoms with E-state index in [0.29, 0.717) is 0 Å². The van der Waals surface area contributed by atoms with Gasteiger partial charge in [0, 0.05) is 33.9 Å². The minimum atomic E-state index is 0.741. The summed E-state index contributed by atoms with van der Waals surface area (Å²) in [7, 11) is 0. The molecule has 9 aromatic rings. The molecule has 0 unspecified atom stereocenters. The Kier molecular flexibility index (Phi) is 6.56. The zero-order valence-electron chi connectivity index (χ0n) is 27.3. The van der Waals surface area contributed by atoms with Crippen molar-refractivity contribution in [3.8, 4) is 61.8 Å². The normalized spacial score (nSPS) is 11.9. The van der Waals surface area contributed by atoms with Crippen LogP contribution in [0.3, 0.4) is 0 Å². The van der Waals surface area contributed by atoms with Gasteiger partial charge in [-0.3, -0.25) is 0 Å². The first kappa shape index (κ1) is 28.4. The Balaban J connectivity index is 1.17. The third kappa shape index (κ3) is 4.59. The van der Waals surface area contributed by atoms with Gasteiger partial charge in [0.05, 0.1) is 28.1 Å². The molecular weight excluding hydrogens is 607 g/mol. The number of rotatable bonds is 5. The van der Waals surface area contributed by atoms with Gasteiger partial charge in [-0.15, -0.1) is 0 Å². The molecule has 50 heavy (non-hydrogen) atoms. The fraction of sp³-hybridized carbons (Fsp3) is 0.0213. The molecule has 3 nitrogen and oxygen atoms in total. The molecule has 2 heterocycles. The third-order valence-corrected chi connectivity index (χ3v) is 10.1. The summed E-state index contributed by atoms with van der Waals surface area (Å²) in [6, 6.07) is 62.6. The van der Waals surface area contributed by atoms with E-state index >= 15 is 0 Å². The lowest BCUT2D eigenvalue weighted by atomic mass is 9.98. The molecule has 3 heteroatoms. The molecule has 0 aliphatic heterocycles. The van der Waals surface area contributed by atoms with E-state index in [1.54, 1.807) is 0 Å². The van der Waals surface area contributed by atoms with Crippen molar-refractivity contribution in [2.75, 3.05) is 0 Å². The second-order valence-electron chi connectivity index (χ2n) is 13.0. The summed E-state index contributed by atoms with van der Waals surface area (Å²) >= 11 is 0. The summed E-state index contributed by atoms with van der Waals surface area (Å²) < 4.78 is 2.46. The van der Waals surface area contributed by atoms with E-state index in [2.05, 4.69) is 168 Å². The maximum absolute atomic E-state index is 5.22. The van der Waals surface area contributed by atoms with Crippen molar-refractivity contribution in [2.24, 2.45) is 0 Å². The number of aromatic nitrogens is 3. The van der Waals surface area contributed by atoms with E-state index in [9.17, 15) is 0 Å². The van der Waals surface area contributed by atoms with Gasteiger partial charge in [0.25, 0.3) is 0 Å². The molecule has 2 aromatic heterocycles. The van der Waals surface area contributed by atoms with Gasteiger partial charge < -0.3 is 4.57 Å². The van der Waals surface area contributed by atoms with Crippen molar-refractivity contribution in [2.45, 2.75) is 6.42 Å². The van der Waals surface area contributed by atoms with Crippen LogP contribution in [0.2, 0.25) is 0 Å². The van der Waals surface area contributed by atoms with Crippen molar-refractivity contribution >= 4 is 21.8 Å². The largest absolute Gasteiger partial charge is 0.309 e. The Morgan fingerprint density at radius 2 is 1.02 bits per heavy atom. The van der Waals surface area contributed by atoms with Gasteiger partial charge in [0.1, 0.15) is 0 Å². The summed E-state index contributed by atoms with van der Waals surface area (Å²) in [5.41, 5.74) is 16.2. The van der Waals surface area contributed by atoms with Crippen molar-refractivity contribution in [1.29, 1.82) is 0 Å². The third-order valence-electron chi connectivity index (χ3n) is 10.1. The standard InChI is InChI=1S/C47H31N3/c1-4-14-31(15-5-1)34-26-27-45-39(28-34)36-21-10-11-24-43(36)50(45)44-25-13-22-37-40(44)29-35-20-12-23-38(46(35)37)47-48-41(32-16-6-2-7-17-32)30-42(49-47)33-18-8-3-9-19-33/h1-28,30H,29H2. The molecule has 0 atom stereocenters. The molecule has 234 valence electrons. The van der Waals surface area contributed by atoms with Crippen molar-refractivity contribution in [3.05, 3.63) is 187 Å². The van der Waals surface area contributed by atoms with Crippen LogP contribution in [0.15, 0.2) is 176 Å². The molecule has 0 amide bonds. The minimum Gasteiger partial charge on any atom is -0.309 e. The molecule has 1 aliphatic rings. The Morgan fingerprint density at radius 3 is 1.74 bits per heavy atom. The minimum absolute atomic E-state index is 0.741. The van der Waals surface area contributed by atoms with E-state index in [1.807, 2.05) is 12.1 Å². The lowest BCUT2D eigenvalue weighted by Crippen LogP contribution is -1.99. The zero-order valence-corrected chi connectivity index (χ0v) is 27.3. The molecule has 0 saturated heterocycles. The summed E-state index contributed by atoms with van der Waals surface area (Å²) in [6.45, 7) is 0. The second kappa shape index (κ2) is 11.5. The molecule has 10 rings (SSSR count). The molecule has 7 aromatic carbocycles. The van der Waals surface area contributed by atoms with E-state index < -0.39 is 0 Å². The van der Waals surface area contributed by atoms with Crippen LogP contribution in [0.1, 0.15) is 11.1 Å². The summed E-state index contributed by atoms with van der Waals surface area (Å²) in [5, 5.41) is 2.52. The average Bonchev–Trinajstić information content (AvgIpc) is 3.74. The second-order valence-corrected chi connectivity index (χ2v) is 13.0. The van der Waals surface area contributed by atoms with Crippen LogP contribution in [0.5, 0.6) is 0 Å². The van der Waals surface area contributed by atoms with Gasteiger partial charge in [0.2, 0.25) is 0 Å². The maximum Gasteiger partial charge on any atom is 0.161 e. The van der Waals surface area contributed by atoms with Gasteiger partial charge in [-0.05, 0) is 63.7 Å². The quantitative estimate of drug-likeness (QED) is 0.188. The van der Waals surface area contributed by atoms with Gasteiger partial charge in [-0.2, -0.15) is 0 Å². The lowest BCUT2D eigenvalue weighted by Gasteiger charge is -2.14. The molecule has 0 radical (unpaired) electrons. The van der Waals surface area contributed by atoms with Gasteiger partial charge in [-0.25, -0.2) is 9.97 Å². The molecular formula is C47H31N3. The molecule has 0 saturated carbocycles. The number of fused-ring (bicyclic) bond motifs is 6. The van der Waals surface area contributed by atoms with E-state index in [4.69, 9.17) is 9.97 Å². The highest BCUT2D eigenvalue weighted by Gasteiger charge is 2.27. The van der Waals surface area contributed by atoms with Crippen LogP contribution in [-0.4, -0.2) is 14.5 Å². The fourth-order valence-electron chi connectivity index (χ4n) is 7.77. The Bertz CT molecular complexity index is 2650. The van der Waals surface area contributed by atoms with Crippen LogP contribution in [-0.2, 0) is 6.42 Å². The smallest absolute Gasteiger partial charge is 0.161 e. The Morgan fingerprint density at radius 1 is 0.420 bits per heavy atom. The zero-order chi connectivity index (χ0) is 33.0. The first-order chi connectivity index (χ1) is 24.8. The summed E-state index contributed by atoms with van der Waals surface area (Å²) in [5.74, 6) is 0.741. The predicted molar refractivity (Wildman–Crippen MR) is 206 cm³/mol. The van der Waals surface area contributed by atoms with Crippen molar-refractivity contribution in [1.82, 2.24) is 14.5 Å². The van der Waals surface area contributed by atoms with Crippen LogP contribution < -0.4 is 0 Å². The number of hydrogen-bond donors (Lipinski definition) is 0. The van der Waals surface area contributed by atoms with Crippen LogP contribution >= 0.6 is 0 Å². The van der Waals surface area contributed by atoms with Crippen LogP contribution in [0.4, 0.5) is 0 Å². The highest BCUT2D eigenvalue weighted by atomic mass is 15.0. The number of nitrogens with zero attached hydrogens (tertiary/aromatic N) is 3. The van der Waals surface area contributed by atoms with E-state index in [-0.39, 0.29) is 0 Å². The molecule has 0 fully saturated rings. The molecule has 0 N–H and O–H groups in total. The van der Waals surface area contributed by atoms with E-state index in [0.717, 1.165) is 40.3 Å². The maximum atomic E-state index is 5.22. The van der Waals surface area contributed by atoms with Crippen molar-refractivity contribution in [3.63, 3.8) is 0 Å². The molecule has 1 aliphatic carbocycles. The number of hydrogen-bond acceptors (Lipinski definition) is 2. The van der Waals surface area contributed by atoms with Gasteiger partial charge in [0.15, 0.2) is 5.82 Å². The van der Waals surface area contributed by atoms with Gasteiger partial charge >= 0.3 is 0 Å². The SMILES string of the molecule is c1ccc(-c2ccc3c(c2)c2ccccc2n3-c2cccc3c2Cc2cccc(-c4nc(-c5ccccc5)cc(-c5ccccc5)n4)c2-3)cc1. The highest BCUT2D eigenvalue weighted by molar-refractivity contribution is 6.11. The van der Waals surface area contributed by atoms with Gasteiger partial charge in [-0.1, -0.05) is 146 Å². The summed E-state index contributed by atoms with van der Waals surface area (Å²) in [6.07, 6.45) is 0.842. The number of para-hydroxylation sites is 1. The lowest BCUT2D eigenvalue weighted by molar-refractivity contribution is 1.12. The predicted octanol–water partition coefficient (Wildman–Crippen LogP) is 11.8. The average molecular weight is 638 g/mol. The monoisotopic (exact) mass is 637 g/mol. The number of benzene rings is 7. The Hall–Kier alpha value is -6.58. The van der Waals surface area contributed by atoms with E-state index in [1.165, 1.54) is 60.9 Å². The molecule has 0 bridgehead atoms. The topological polar surface area (TPSA) is 30.7 Å². The van der Waals surface area contributed by atoms with Crippen LogP contribution in [0.25, 0.3) is 83.6 Å². The first-order valence-corrected chi connectivity index (χ1v) is 17.1. The highest BCUT2D eigenvalue weighted by Crippen LogP contribution is 2.46. The van der Waals surface area contributed by atoms with Crippen LogP contribution in [0, 0.1) is 0 Å². The summed E-state index contributed by atoms with van der Waals surface area (Å²) in [4.78, 5) is 10.4. The fourth-order valence-corrected chi connectivity index (χ4v) is 7.77.